The predicted octanol–water partition coefficient (Wildman–Crippen LogP) is 3.36. The summed E-state index contributed by atoms with van der Waals surface area (Å²) in [6.45, 7) is 12.6. The highest BCUT2D eigenvalue weighted by Gasteiger charge is 2.23. The zero-order valence-corrected chi connectivity index (χ0v) is 12.9. The zero-order valence-electron chi connectivity index (χ0n) is 12.9. The van der Waals surface area contributed by atoms with E-state index in [0.717, 1.165) is 17.5 Å². The maximum Gasteiger partial charge on any atom is 0.265 e. The fourth-order valence-electron chi connectivity index (χ4n) is 2.26. The van der Waals surface area contributed by atoms with E-state index in [2.05, 4.69) is 44.6 Å². The summed E-state index contributed by atoms with van der Waals surface area (Å²) in [5.41, 5.74) is 9.00. The smallest absolute Gasteiger partial charge is 0.265 e. The molecule has 0 aliphatic heterocycles. The second-order valence-electron chi connectivity index (χ2n) is 6.30. The summed E-state index contributed by atoms with van der Waals surface area (Å²) in [5.74, 6) is -0.0745. The number of hydrogen-bond donors (Lipinski definition) is 2. The fraction of sp³-hybridized carbons (Fsp3) is 0.562. The van der Waals surface area contributed by atoms with Crippen molar-refractivity contribution >= 4 is 5.91 Å². The number of hydrazine groups is 1. The maximum absolute atomic E-state index is 12.1. The molecule has 1 atom stereocenters. The lowest BCUT2D eigenvalue weighted by Crippen LogP contribution is -2.49. The largest absolute Gasteiger partial charge is 0.287 e. The van der Waals surface area contributed by atoms with Gasteiger partial charge in [0.05, 0.1) is 0 Å². The molecule has 0 heterocycles. The summed E-state index contributed by atoms with van der Waals surface area (Å²) in [4.78, 5) is 12.1. The van der Waals surface area contributed by atoms with Crippen molar-refractivity contribution in [1.82, 2.24) is 10.9 Å². The number of benzene rings is 1. The molecule has 0 bridgehead atoms. The van der Waals surface area contributed by atoms with Gasteiger partial charge in [0, 0.05) is 11.6 Å². The minimum atomic E-state index is -0.0745. The van der Waals surface area contributed by atoms with Gasteiger partial charge >= 0.3 is 0 Å². The van der Waals surface area contributed by atoms with Crippen LogP contribution in [-0.2, 0) is 0 Å². The molecule has 0 fully saturated rings. The Morgan fingerprint density at radius 1 is 1.16 bits per heavy atom. The number of rotatable bonds is 4. The first-order valence-corrected chi connectivity index (χ1v) is 6.88. The first-order valence-electron chi connectivity index (χ1n) is 6.88. The monoisotopic (exact) mass is 262 g/mol. The molecule has 0 radical (unpaired) electrons. The average Bonchev–Trinajstić information content (AvgIpc) is 2.26. The molecule has 0 saturated carbocycles. The van der Waals surface area contributed by atoms with Crippen molar-refractivity contribution in [3.8, 4) is 0 Å². The van der Waals surface area contributed by atoms with Crippen LogP contribution in [0.2, 0.25) is 0 Å². The van der Waals surface area contributed by atoms with Crippen LogP contribution in [0.25, 0.3) is 0 Å². The van der Waals surface area contributed by atoms with E-state index < -0.39 is 0 Å². The average molecular weight is 262 g/mol. The summed E-state index contributed by atoms with van der Waals surface area (Å²) in [7, 11) is 0. The highest BCUT2D eigenvalue weighted by molar-refractivity contribution is 5.94. The third kappa shape index (κ3) is 4.67. The predicted molar refractivity (Wildman–Crippen MR) is 80.1 cm³/mol. The van der Waals surface area contributed by atoms with Gasteiger partial charge in [-0.05, 0) is 37.8 Å². The van der Waals surface area contributed by atoms with Crippen LogP contribution in [-0.4, -0.2) is 11.9 Å². The van der Waals surface area contributed by atoms with Crippen LogP contribution in [0.1, 0.15) is 55.6 Å². The van der Waals surface area contributed by atoms with Gasteiger partial charge in [0.2, 0.25) is 0 Å². The van der Waals surface area contributed by atoms with Crippen LogP contribution >= 0.6 is 0 Å². The molecule has 0 unspecified atom stereocenters. The van der Waals surface area contributed by atoms with Crippen LogP contribution in [0.3, 0.4) is 0 Å². The molecule has 106 valence electrons. The molecule has 3 nitrogen and oxygen atoms in total. The van der Waals surface area contributed by atoms with Crippen molar-refractivity contribution in [2.45, 2.75) is 54.0 Å². The van der Waals surface area contributed by atoms with Gasteiger partial charge in [-0.1, -0.05) is 44.9 Å². The van der Waals surface area contributed by atoms with Crippen molar-refractivity contribution < 1.29 is 4.79 Å². The minimum Gasteiger partial charge on any atom is -0.287 e. The standard InChI is InChI=1S/C16H26N2O/c1-7-14(16(4,5)6)17-18-15(19)13-9-11(2)8-12(3)10-13/h8-10,14,17H,7H2,1-6H3,(H,18,19)/t14-/m1/s1. The highest BCUT2D eigenvalue weighted by atomic mass is 16.2. The van der Waals surface area contributed by atoms with E-state index in [1.807, 2.05) is 26.0 Å². The summed E-state index contributed by atoms with van der Waals surface area (Å²) in [6, 6.07) is 6.13. The van der Waals surface area contributed by atoms with Gasteiger partial charge in [-0.2, -0.15) is 0 Å². The van der Waals surface area contributed by atoms with E-state index >= 15 is 0 Å². The van der Waals surface area contributed by atoms with E-state index in [4.69, 9.17) is 0 Å². The molecule has 0 saturated heterocycles. The zero-order chi connectivity index (χ0) is 14.6. The van der Waals surface area contributed by atoms with Gasteiger partial charge in [-0.15, -0.1) is 0 Å². The fourth-order valence-corrected chi connectivity index (χ4v) is 2.26. The van der Waals surface area contributed by atoms with Gasteiger partial charge in [0.25, 0.3) is 5.91 Å². The number of carbonyl (C=O) groups is 1. The van der Waals surface area contributed by atoms with E-state index in [1.165, 1.54) is 0 Å². The second-order valence-corrected chi connectivity index (χ2v) is 6.30. The van der Waals surface area contributed by atoms with Gasteiger partial charge in [-0.25, -0.2) is 5.43 Å². The molecule has 3 heteroatoms. The molecular weight excluding hydrogens is 236 g/mol. The van der Waals surface area contributed by atoms with Crippen LogP contribution in [0, 0.1) is 19.3 Å². The molecule has 0 aliphatic carbocycles. The summed E-state index contributed by atoms with van der Waals surface area (Å²) >= 11 is 0. The van der Waals surface area contributed by atoms with E-state index in [1.54, 1.807) is 0 Å². The number of carbonyl (C=O) groups excluding carboxylic acids is 1. The third-order valence-electron chi connectivity index (χ3n) is 3.30. The lowest BCUT2D eigenvalue weighted by molar-refractivity contribution is 0.0906. The summed E-state index contributed by atoms with van der Waals surface area (Å²) in [5, 5.41) is 0. The number of amides is 1. The van der Waals surface area contributed by atoms with E-state index in [9.17, 15) is 4.79 Å². The molecular formula is C16H26N2O. The summed E-state index contributed by atoms with van der Waals surface area (Å²) < 4.78 is 0. The summed E-state index contributed by atoms with van der Waals surface area (Å²) in [6.07, 6.45) is 0.969. The Bertz CT molecular complexity index is 426. The van der Waals surface area contributed by atoms with E-state index in [-0.39, 0.29) is 17.4 Å². The van der Waals surface area contributed by atoms with Crippen molar-refractivity contribution in [1.29, 1.82) is 0 Å². The Labute approximate surface area is 116 Å². The SMILES string of the molecule is CC[C@@H](NNC(=O)c1cc(C)cc(C)c1)C(C)(C)C. The van der Waals surface area contributed by atoms with Crippen LogP contribution in [0.5, 0.6) is 0 Å². The number of hydrogen-bond acceptors (Lipinski definition) is 2. The van der Waals surface area contributed by atoms with Gasteiger partial charge in [0.1, 0.15) is 0 Å². The Morgan fingerprint density at radius 3 is 2.11 bits per heavy atom. The molecule has 0 aliphatic rings. The van der Waals surface area contributed by atoms with Crippen molar-refractivity contribution in [3.05, 3.63) is 34.9 Å². The lowest BCUT2D eigenvalue weighted by Gasteiger charge is -2.30. The molecule has 1 aromatic carbocycles. The maximum atomic E-state index is 12.1. The quantitative estimate of drug-likeness (QED) is 0.817. The molecule has 2 N–H and O–H groups in total. The van der Waals surface area contributed by atoms with Gasteiger partial charge < -0.3 is 0 Å². The number of nitrogens with one attached hydrogen (secondary N) is 2. The minimum absolute atomic E-state index is 0.0745. The Kier molecular flexibility index (Phi) is 5.12. The van der Waals surface area contributed by atoms with E-state index in [0.29, 0.717) is 5.56 Å². The van der Waals surface area contributed by atoms with Gasteiger partial charge in [0.15, 0.2) is 0 Å². The lowest BCUT2D eigenvalue weighted by atomic mass is 9.86. The topological polar surface area (TPSA) is 41.1 Å². The van der Waals surface area contributed by atoms with Crippen LogP contribution in [0.15, 0.2) is 18.2 Å². The van der Waals surface area contributed by atoms with Crippen molar-refractivity contribution in [2.75, 3.05) is 0 Å². The van der Waals surface area contributed by atoms with Crippen molar-refractivity contribution in [3.63, 3.8) is 0 Å². The van der Waals surface area contributed by atoms with Crippen LogP contribution < -0.4 is 10.9 Å². The highest BCUT2D eigenvalue weighted by Crippen LogP contribution is 2.20. The van der Waals surface area contributed by atoms with Crippen LogP contribution in [0.4, 0.5) is 0 Å². The molecule has 1 aromatic rings. The normalized spacial score (nSPS) is 13.2. The molecule has 0 spiro atoms. The molecule has 0 aromatic heterocycles. The molecule has 1 amide bonds. The first-order chi connectivity index (χ1) is 8.74. The van der Waals surface area contributed by atoms with Gasteiger partial charge in [-0.3, -0.25) is 10.2 Å². The Balaban J connectivity index is 2.70. The molecule has 19 heavy (non-hydrogen) atoms. The molecule has 1 rings (SSSR count). The Morgan fingerprint density at radius 2 is 1.68 bits per heavy atom. The number of aryl methyl sites for hydroxylation is 2. The second kappa shape index (κ2) is 6.20. The third-order valence-corrected chi connectivity index (χ3v) is 3.30. The first kappa shape index (κ1) is 15.7. The Hall–Kier alpha value is -1.35. The van der Waals surface area contributed by atoms with Crippen molar-refractivity contribution in [2.24, 2.45) is 5.41 Å².